The number of benzene rings is 1. The second kappa shape index (κ2) is 6.89. The quantitative estimate of drug-likeness (QED) is 0.389. The Kier molecular flexibility index (Phi) is 4.74. The first-order chi connectivity index (χ1) is 14.9. The summed E-state index contributed by atoms with van der Waals surface area (Å²) in [6, 6.07) is 2.78. The molecule has 3 aliphatic rings. The number of fused-ring (bicyclic) bond motifs is 3. The number of Topliss-reactive ketones (excluding diaryl/α,β-unsaturated/α-hetero) is 4. The Morgan fingerprint density at radius 2 is 1.78 bits per heavy atom. The zero-order chi connectivity index (χ0) is 23.9. The molecule has 5 N–H and O–H groups in total. The first-order valence-corrected chi connectivity index (χ1v) is 9.91. The molecular formula is C22H22N2O8. The van der Waals surface area contributed by atoms with Crippen molar-refractivity contribution in [1.29, 1.82) is 0 Å². The highest BCUT2D eigenvalue weighted by atomic mass is 16.3. The number of nitrogens with two attached hydrogens (primary N) is 1. The summed E-state index contributed by atoms with van der Waals surface area (Å²) in [4.78, 5) is 66.2. The van der Waals surface area contributed by atoms with Crippen molar-refractivity contribution >= 4 is 34.6 Å². The minimum Gasteiger partial charge on any atom is -0.507 e. The maximum atomic E-state index is 13.6. The van der Waals surface area contributed by atoms with Gasteiger partial charge in [-0.05, 0) is 31.3 Å². The smallest absolute Gasteiger partial charge is 0.235 e. The van der Waals surface area contributed by atoms with E-state index in [9.17, 15) is 39.3 Å². The van der Waals surface area contributed by atoms with Gasteiger partial charge in [0.25, 0.3) is 0 Å². The summed E-state index contributed by atoms with van der Waals surface area (Å²) >= 11 is 0. The van der Waals surface area contributed by atoms with Crippen molar-refractivity contribution in [3.05, 3.63) is 35.9 Å². The first kappa shape index (κ1) is 22.0. The molecule has 1 amide bonds. The molecule has 3 aliphatic carbocycles. The van der Waals surface area contributed by atoms with Crippen LogP contribution in [-0.2, 0) is 19.2 Å². The normalized spacial score (nSPS) is 36.6. The molecule has 10 nitrogen and oxygen atoms in total. The molecule has 0 bridgehead atoms. The van der Waals surface area contributed by atoms with Crippen LogP contribution in [0.1, 0.15) is 15.9 Å². The standard InChI is InChI=1S/C22H22N2O8/c1-7-8-5-4-6-9(25)11(8)16(26)12-10(7)17(27)14-15(24(2)3)18(28)13(21(23)31)20(30)22(14,32)19(12)29/h4-6,10,12-15,17,25,27,32H,1H2,2-3H3,(H2,23,31)/t10?,12?,13?,14?,15-,17?,22?/m0/s1. The van der Waals surface area contributed by atoms with Crippen LogP contribution in [0, 0.1) is 23.7 Å². The molecule has 7 atom stereocenters. The molecule has 0 saturated heterocycles. The van der Waals surface area contributed by atoms with Crippen molar-refractivity contribution in [2.24, 2.45) is 29.4 Å². The predicted molar refractivity (Wildman–Crippen MR) is 108 cm³/mol. The number of primary amides is 1. The van der Waals surface area contributed by atoms with Crippen LogP contribution in [0.25, 0.3) is 5.57 Å². The number of amides is 1. The molecule has 2 fully saturated rings. The molecular weight excluding hydrogens is 420 g/mol. The van der Waals surface area contributed by atoms with Crippen LogP contribution in [0.3, 0.4) is 0 Å². The molecule has 0 aromatic heterocycles. The fraction of sp³-hybridized carbons (Fsp3) is 0.409. The zero-order valence-electron chi connectivity index (χ0n) is 17.3. The lowest BCUT2D eigenvalue weighted by atomic mass is 9.50. The van der Waals surface area contributed by atoms with Crippen molar-refractivity contribution in [3.63, 3.8) is 0 Å². The Labute approximate surface area is 182 Å². The van der Waals surface area contributed by atoms with E-state index in [4.69, 9.17) is 5.73 Å². The van der Waals surface area contributed by atoms with Gasteiger partial charge in [0.05, 0.1) is 29.5 Å². The number of rotatable bonds is 2. The molecule has 0 heterocycles. The first-order valence-electron chi connectivity index (χ1n) is 9.91. The predicted octanol–water partition coefficient (Wildman–Crippen LogP) is -1.69. The summed E-state index contributed by atoms with van der Waals surface area (Å²) in [6.07, 6.45) is -1.72. The number of carbonyl (C=O) groups is 5. The summed E-state index contributed by atoms with van der Waals surface area (Å²) in [5.74, 6) is -13.1. The van der Waals surface area contributed by atoms with E-state index < -0.39 is 76.2 Å². The van der Waals surface area contributed by atoms with Gasteiger partial charge in [0.15, 0.2) is 34.7 Å². The third-order valence-electron chi connectivity index (χ3n) is 6.95. The fourth-order valence-corrected chi connectivity index (χ4v) is 5.57. The number of likely N-dealkylation sites (N-methyl/N-ethyl adjacent to an activating group) is 1. The highest BCUT2D eigenvalue weighted by molar-refractivity contribution is 6.33. The molecule has 0 spiro atoms. The molecule has 10 heteroatoms. The lowest BCUT2D eigenvalue weighted by Gasteiger charge is -2.55. The number of phenols is 1. The maximum Gasteiger partial charge on any atom is 0.235 e. The van der Waals surface area contributed by atoms with Gasteiger partial charge in [0, 0.05) is 5.92 Å². The number of aliphatic hydroxyl groups is 2. The third kappa shape index (κ3) is 2.48. The zero-order valence-corrected chi connectivity index (χ0v) is 17.3. The van der Waals surface area contributed by atoms with E-state index in [2.05, 4.69) is 6.58 Å². The van der Waals surface area contributed by atoms with Gasteiger partial charge < -0.3 is 21.1 Å². The monoisotopic (exact) mass is 442 g/mol. The van der Waals surface area contributed by atoms with E-state index in [1.54, 1.807) is 0 Å². The van der Waals surface area contributed by atoms with Crippen LogP contribution in [0.2, 0.25) is 0 Å². The van der Waals surface area contributed by atoms with Gasteiger partial charge in [0.2, 0.25) is 5.91 Å². The molecule has 1 aromatic rings. The van der Waals surface area contributed by atoms with E-state index in [1.807, 2.05) is 0 Å². The molecule has 4 rings (SSSR count). The van der Waals surface area contributed by atoms with Gasteiger partial charge in [0.1, 0.15) is 5.75 Å². The lowest BCUT2D eigenvalue weighted by molar-refractivity contribution is -0.192. The highest BCUT2D eigenvalue weighted by Gasteiger charge is 2.72. The van der Waals surface area contributed by atoms with Crippen LogP contribution >= 0.6 is 0 Å². The third-order valence-corrected chi connectivity index (χ3v) is 6.95. The van der Waals surface area contributed by atoms with E-state index in [0.717, 1.165) is 0 Å². The summed E-state index contributed by atoms with van der Waals surface area (Å²) < 4.78 is 0. The van der Waals surface area contributed by atoms with Gasteiger partial charge in [-0.1, -0.05) is 18.7 Å². The SMILES string of the molecule is C=C1c2cccc(O)c2C(=O)C2C(=O)C3(O)C(=O)C(C(N)=O)C(=O)[C@@H](N(C)C)C3C(O)C12. The number of nitrogens with zero attached hydrogens (tertiary/aromatic N) is 1. The summed E-state index contributed by atoms with van der Waals surface area (Å²) in [7, 11) is 2.85. The van der Waals surface area contributed by atoms with Gasteiger partial charge >= 0.3 is 0 Å². The number of ketones is 4. The highest BCUT2D eigenvalue weighted by Crippen LogP contribution is 2.53. The number of carbonyl (C=O) groups excluding carboxylic acids is 5. The van der Waals surface area contributed by atoms with E-state index in [-0.39, 0.29) is 16.7 Å². The van der Waals surface area contributed by atoms with E-state index in [0.29, 0.717) is 0 Å². The average Bonchev–Trinajstić information content (AvgIpc) is 2.70. The van der Waals surface area contributed by atoms with Crippen molar-refractivity contribution in [1.82, 2.24) is 4.90 Å². The molecule has 32 heavy (non-hydrogen) atoms. The van der Waals surface area contributed by atoms with Crippen molar-refractivity contribution < 1.29 is 39.3 Å². The number of aliphatic hydroxyl groups excluding tert-OH is 1. The second-order valence-corrected chi connectivity index (χ2v) is 8.75. The van der Waals surface area contributed by atoms with Crippen molar-refractivity contribution in [2.45, 2.75) is 17.7 Å². The summed E-state index contributed by atoms with van der Waals surface area (Å²) in [5, 5.41) is 33.0. The summed E-state index contributed by atoms with van der Waals surface area (Å²) in [6.45, 7) is 3.90. The maximum absolute atomic E-state index is 13.6. The van der Waals surface area contributed by atoms with Gasteiger partial charge in [-0.25, -0.2) is 0 Å². The molecule has 0 aliphatic heterocycles. The Hall–Kier alpha value is -3.21. The Morgan fingerprint density at radius 1 is 1.16 bits per heavy atom. The van der Waals surface area contributed by atoms with Crippen LogP contribution in [0.4, 0.5) is 0 Å². The topological polar surface area (TPSA) is 175 Å². The van der Waals surface area contributed by atoms with Crippen LogP contribution < -0.4 is 5.73 Å². The largest absolute Gasteiger partial charge is 0.507 e. The molecule has 2 saturated carbocycles. The van der Waals surface area contributed by atoms with Crippen molar-refractivity contribution in [3.8, 4) is 5.75 Å². The Bertz CT molecular complexity index is 1120. The van der Waals surface area contributed by atoms with Gasteiger partial charge in [-0.15, -0.1) is 0 Å². The molecule has 6 unspecified atom stereocenters. The minimum absolute atomic E-state index is 0.151. The number of aromatic hydroxyl groups is 1. The van der Waals surface area contributed by atoms with Crippen LogP contribution in [0.15, 0.2) is 24.8 Å². The Balaban J connectivity index is 1.97. The number of phenolic OH excluding ortho intramolecular Hbond substituents is 1. The lowest BCUT2D eigenvalue weighted by Crippen LogP contribution is -2.77. The van der Waals surface area contributed by atoms with Gasteiger partial charge in [-0.2, -0.15) is 0 Å². The summed E-state index contributed by atoms with van der Waals surface area (Å²) in [5.41, 5.74) is 2.38. The minimum atomic E-state index is -3.01. The van der Waals surface area contributed by atoms with E-state index >= 15 is 0 Å². The molecule has 168 valence electrons. The van der Waals surface area contributed by atoms with Crippen LogP contribution in [-0.4, -0.2) is 81.1 Å². The average molecular weight is 442 g/mol. The van der Waals surface area contributed by atoms with Crippen molar-refractivity contribution in [2.75, 3.05) is 14.1 Å². The number of hydrogen-bond acceptors (Lipinski definition) is 9. The molecule has 0 radical (unpaired) electrons. The number of hydrogen-bond donors (Lipinski definition) is 4. The van der Waals surface area contributed by atoms with Gasteiger partial charge in [-0.3, -0.25) is 28.9 Å². The van der Waals surface area contributed by atoms with Crippen LogP contribution in [0.5, 0.6) is 5.75 Å². The van der Waals surface area contributed by atoms with E-state index in [1.165, 1.54) is 37.2 Å². The molecule has 1 aromatic carbocycles. The fourth-order valence-electron chi connectivity index (χ4n) is 5.57. The second-order valence-electron chi connectivity index (χ2n) is 8.75. The Morgan fingerprint density at radius 3 is 2.34 bits per heavy atom.